The van der Waals surface area contributed by atoms with Crippen molar-refractivity contribution >= 4 is 0 Å². The zero-order valence-electron chi connectivity index (χ0n) is 9.38. The average molecular weight is 202 g/mol. The van der Waals surface area contributed by atoms with Crippen molar-refractivity contribution in [3.63, 3.8) is 0 Å². The second-order valence-electron chi connectivity index (χ2n) is 3.71. The van der Waals surface area contributed by atoms with Crippen molar-refractivity contribution in [2.75, 3.05) is 6.61 Å². The van der Waals surface area contributed by atoms with Gasteiger partial charge in [-0.25, -0.2) is 0 Å². The van der Waals surface area contributed by atoms with Crippen LogP contribution in [0.15, 0.2) is 11.8 Å². The Labute approximate surface area is 92.9 Å². The maximum absolute atomic E-state index is 5.32. The summed E-state index contributed by atoms with van der Waals surface area (Å²) < 4.78 is 5.32. The summed E-state index contributed by atoms with van der Waals surface area (Å²) in [5, 5.41) is 0. The third kappa shape index (κ3) is 4.61. The van der Waals surface area contributed by atoms with Crippen molar-refractivity contribution in [2.45, 2.75) is 39.0 Å². The van der Waals surface area contributed by atoms with Crippen LogP contribution in [0.3, 0.4) is 0 Å². The molecule has 0 bridgehead atoms. The largest absolute Gasteiger partial charge is 0.485 e. The van der Waals surface area contributed by atoms with Gasteiger partial charge in [0.25, 0.3) is 0 Å². The molecule has 1 aliphatic rings. The minimum atomic E-state index is 0.542. The number of allylic oxidation sites excluding steroid dienone is 2. The van der Waals surface area contributed by atoms with Crippen molar-refractivity contribution in [3.8, 4) is 24.2 Å². The molecule has 1 fully saturated rings. The first-order chi connectivity index (χ1) is 7.36. The lowest BCUT2D eigenvalue weighted by atomic mass is 9.90. The van der Waals surface area contributed by atoms with Crippen molar-refractivity contribution in [1.82, 2.24) is 0 Å². The number of hydrogen-bond acceptors (Lipinski definition) is 1. The van der Waals surface area contributed by atoms with E-state index in [4.69, 9.17) is 11.2 Å². The molecular weight excluding hydrogens is 184 g/mol. The predicted molar refractivity (Wildman–Crippen MR) is 62.9 cm³/mol. The molecule has 0 spiro atoms. The molecule has 0 amide bonds. The van der Waals surface area contributed by atoms with Crippen LogP contribution in [0.1, 0.15) is 39.0 Å². The molecule has 0 aliphatic heterocycles. The molecule has 0 saturated heterocycles. The van der Waals surface area contributed by atoms with E-state index in [-0.39, 0.29) is 0 Å². The summed E-state index contributed by atoms with van der Waals surface area (Å²) >= 11 is 0. The molecule has 15 heavy (non-hydrogen) atoms. The molecule has 1 nitrogen and oxygen atoms in total. The third-order valence-corrected chi connectivity index (χ3v) is 2.52. The van der Waals surface area contributed by atoms with Crippen molar-refractivity contribution in [2.24, 2.45) is 5.92 Å². The van der Waals surface area contributed by atoms with Gasteiger partial charge in [0, 0.05) is 12.0 Å². The Balaban J connectivity index is 2.52. The highest BCUT2D eigenvalue weighted by Crippen LogP contribution is 2.22. The molecule has 1 heteroatoms. The van der Waals surface area contributed by atoms with Gasteiger partial charge in [-0.2, -0.15) is 0 Å². The van der Waals surface area contributed by atoms with Gasteiger partial charge < -0.3 is 4.74 Å². The van der Waals surface area contributed by atoms with Crippen LogP contribution in [-0.4, -0.2) is 6.61 Å². The second kappa shape index (κ2) is 7.02. The lowest BCUT2D eigenvalue weighted by molar-refractivity contribution is 0.246. The van der Waals surface area contributed by atoms with Crippen LogP contribution in [-0.2, 0) is 4.74 Å². The van der Waals surface area contributed by atoms with Gasteiger partial charge in [0.15, 0.2) is 5.76 Å². The third-order valence-electron chi connectivity index (χ3n) is 2.52. The van der Waals surface area contributed by atoms with E-state index in [0.29, 0.717) is 18.3 Å². The summed E-state index contributed by atoms with van der Waals surface area (Å²) in [6, 6.07) is 0. The molecule has 0 radical (unpaired) electrons. The van der Waals surface area contributed by atoms with E-state index < -0.39 is 0 Å². The van der Waals surface area contributed by atoms with Gasteiger partial charge in [-0.1, -0.05) is 31.1 Å². The van der Waals surface area contributed by atoms with Gasteiger partial charge in [0.05, 0.1) is 6.61 Å². The van der Waals surface area contributed by atoms with Crippen LogP contribution in [0.4, 0.5) is 0 Å². The summed E-state index contributed by atoms with van der Waals surface area (Å²) in [6.07, 6.45) is 13.2. The average Bonchev–Trinajstić information content (AvgIpc) is 2.28. The Hall–Kier alpha value is -1.34. The fourth-order valence-corrected chi connectivity index (χ4v) is 1.77. The van der Waals surface area contributed by atoms with Gasteiger partial charge in [-0.3, -0.25) is 0 Å². The maximum Gasteiger partial charge on any atom is 0.178 e. The molecule has 0 aromatic heterocycles. The maximum atomic E-state index is 5.32. The quantitative estimate of drug-likeness (QED) is 0.494. The Morgan fingerprint density at radius 1 is 1.40 bits per heavy atom. The van der Waals surface area contributed by atoms with Crippen LogP contribution >= 0.6 is 0 Å². The van der Waals surface area contributed by atoms with E-state index in [9.17, 15) is 0 Å². The monoisotopic (exact) mass is 202 g/mol. The van der Waals surface area contributed by atoms with Crippen molar-refractivity contribution in [3.05, 3.63) is 11.8 Å². The van der Waals surface area contributed by atoms with E-state index in [0.717, 1.165) is 0 Å². The number of ether oxygens (including phenoxy) is 1. The van der Waals surface area contributed by atoms with E-state index >= 15 is 0 Å². The first-order valence-corrected chi connectivity index (χ1v) is 5.67. The van der Waals surface area contributed by atoms with Crippen LogP contribution < -0.4 is 0 Å². The summed E-state index contributed by atoms with van der Waals surface area (Å²) in [7, 11) is 0. The Kier molecular flexibility index (Phi) is 5.49. The van der Waals surface area contributed by atoms with Crippen LogP contribution in [0.5, 0.6) is 0 Å². The predicted octanol–water partition coefficient (Wildman–Crippen LogP) is 3.12. The fourth-order valence-electron chi connectivity index (χ4n) is 1.77. The van der Waals surface area contributed by atoms with Gasteiger partial charge in [-0.15, -0.1) is 6.42 Å². The SMILES string of the molecule is C#C/C=C(\C#CC1CCCCC1)OCC. The Bertz CT molecular complexity index is 302. The molecule has 0 heterocycles. The first-order valence-electron chi connectivity index (χ1n) is 5.67. The van der Waals surface area contributed by atoms with Crippen LogP contribution in [0.2, 0.25) is 0 Å². The minimum absolute atomic E-state index is 0.542. The molecule has 1 rings (SSSR count). The van der Waals surface area contributed by atoms with Crippen molar-refractivity contribution in [1.29, 1.82) is 0 Å². The smallest absolute Gasteiger partial charge is 0.178 e. The first kappa shape index (κ1) is 11.7. The van der Waals surface area contributed by atoms with Gasteiger partial charge in [0.1, 0.15) is 0 Å². The summed E-state index contributed by atoms with van der Waals surface area (Å²) in [5.74, 6) is 9.91. The highest BCUT2D eigenvalue weighted by Gasteiger charge is 2.09. The minimum Gasteiger partial charge on any atom is -0.485 e. The Morgan fingerprint density at radius 3 is 2.73 bits per heavy atom. The highest BCUT2D eigenvalue weighted by atomic mass is 16.5. The molecule has 0 N–H and O–H groups in total. The lowest BCUT2D eigenvalue weighted by Gasteiger charge is -2.15. The summed E-state index contributed by atoms with van der Waals surface area (Å²) in [4.78, 5) is 0. The zero-order valence-corrected chi connectivity index (χ0v) is 9.38. The fraction of sp³-hybridized carbons (Fsp3) is 0.571. The molecule has 0 aromatic rings. The molecule has 80 valence electrons. The number of terminal acetylenes is 1. The zero-order chi connectivity index (χ0) is 10.9. The van der Waals surface area contributed by atoms with E-state index in [1.165, 1.54) is 32.1 Å². The van der Waals surface area contributed by atoms with Crippen LogP contribution in [0, 0.1) is 30.1 Å². The second-order valence-corrected chi connectivity index (χ2v) is 3.71. The molecule has 0 unspecified atom stereocenters. The van der Waals surface area contributed by atoms with E-state index in [1.54, 1.807) is 6.08 Å². The standard InChI is InChI=1S/C14H18O/c1-3-8-14(15-4-2)12-11-13-9-6-5-7-10-13/h1,8,13H,4-7,9-10H2,2H3/b14-8+. The van der Waals surface area contributed by atoms with Crippen molar-refractivity contribution < 1.29 is 4.74 Å². The van der Waals surface area contributed by atoms with Crippen LogP contribution in [0.25, 0.3) is 0 Å². The summed E-state index contributed by atoms with van der Waals surface area (Å²) in [6.45, 7) is 2.56. The van der Waals surface area contributed by atoms with Gasteiger partial charge in [0.2, 0.25) is 0 Å². The molecular formula is C14H18O. The van der Waals surface area contributed by atoms with Gasteiger partial charge >= 0.3 is 0 Å². The number of hydrogen-bond donors (Lipinski definition) is 0. The lowest BCUT2D eigenvalue weighted by Crippen LogP contribution is -2.03. The van der Waals surface area contributed by atoms with E-state index in [1.807, 2.05) is 6.92 Å². The van der Waals surface area contributed by atoms with E-state index in [2.05, 4.69) is 17.8 Å². The molecule has 1 aliphatic carbocycles. The summed E-state index contributed by atoms with van der Waals surface area (Å²) in [5.41, 5.74) is 0. The van der Waals surface area contributed by atoms with Gasteiger partial charge in [-0.05, 0) is 25.7 Å². The topological polar surface area (TPSA) is 9.23 Å². The molecule has 1 saturated carbocycles. The Morgan fingerprint density at radius 2 is 2.13 bits per heavy atom. The normalized spacial score (nSPS) is 17.5. The molecule has 0 atom stereocenters. The number of rotatable bonds is 2. The molecule has 0 aromatic carbocycles. The highest BCUT2D eigenvalue weighted by molar-refractivity contribution is 5.30.